The number of hydrogen-bond acceptors (Lipinski definition) is 5. The maximum Gasteiger partial charge on any atom is 0.416 e. The van der Waals surface area contributed by atoms with Gasteiger partial charge in [0.25, 0.3) is 0 Å². The van der Waals surface area contributed by atoms with E-state index in [2.05, 4.69) is 11.4 Å². The molecule has 0 aromatic heterocycles. The summed E-state index contributed by atoms with van der Waals surface area (Å²) in [5.41, 5.74) is 0.569. The average Bonchev–Trinajstić information content (AvgIpc) is 3.34. The van der Waals surface area contributed by atoms with Gasteiger partial charge in [0.05, 0.1) is 11.6 Å². The SMILES string of the molecule is N#Cc1ccccc1COc1cccc(OC(=O)N2CCCC23CCNC3=O)c1. The lowest BCUT2D eigenvalue weighted by molar-refractivity contribution is -0.127. The number of carbonyl (C=O) groups excluding carboxylic acids is 2. The van der Waals surface area contributed by atoms with Gasteiger partial charge in [0, 0.05) is 24.7 Å². The third kappa shape index (κ3) is 3.61. The Hall–Kier alpha value is -3.53. The fourth-order valence-corrected chi connectivity index (χ4v) is 4.00. The highest BCUT2D eigenvalue weighted by atomic mass is 16.6. The molecule has 4 rings (SSSR count). The van der Waals surface area contributed by atoms with Gasteiger partial charge in [-0.1, -0.05) is 24.3 Å². The van der Waals surface area contributed by atoms with Crippen LogP contribution < -0.4 is 14.8 Å². The minimum Gasteiger partial charge on any atom is -0.489 e. The van der Waals surface area contributed by atoms with E-state index in [1.807, 2.05) is 12.1 Å². The van der Waals surface area contributed by atoms with Crippen molar-refractivity contribution < 1.29 is 19.1 Å². The lowest BCUT2D eigenvalue weighted by Crippen LogP contribution is -2.53. The molecule has 7 nitrogen and oxygen atoms in total. The third-order valence-corrected chi connectivity index (χ3v) is 5.50. The summed E-state index contributed by atoms with van der Waals surface area (Å²) in [6, 6.07) is 16.2. The second-order valence-electron chi connectivity index (χ2n) is 7.19. The first kappa shape index (κ1) is 18.8. The molecule has 0 bridgehead atoms. The van der Waals surface area contributed by atoms with Crippen LogP contribution in [0.15, 0.2) is 48.5 Å². The molecule has 0 radical (unpaired) electrons. The Morgan fingerprint density at radius 2 is 2.00 bits per heavy atom. The molecule has 7 heteroatoms. The Labute approximate surface area is 168 Å². The Morgan fingerprint density at radius 3 is 2.79 bits per heavy atom. The second kappa shape index (κ2) is 7.84. The van der Waals surface area contributed by atoms with E-state index >= 15 is 0 Å². The second-order valence-corrected chi connectivity index (χ2v) is 7.19. The lowest BCUT2D eigenvalue weighted by Gasteiger charge is -2.31. The third-order valence-electron chi connectivity index (χ3n) is 5.50. The number of nitrogens with one attached hydrogen (secondary N) is 1. The van der Waals surface area contributed by atoms with Gasteiger partial charge in [0.2, 0.25) is 5.91 Å². The normalized spacial score (nSPS) is 20.4. The molecule has 2 amide bonds. The van der Waals surface area contributed by atoms with E-state index in [-0.39, 0.29) is 12.5 Å². The van der Waals surface area contributed by atoms with Crippen LogP contribution in [0.25, 0.3) is 0 Å². The molecule has 1 unspecified atom stereocenters. The number of amides is 2. The molecule has 1 spiro atoms. The van der Waals surface area contributed by atoms with Gasteiger partial charge >= 0.3 is 6.09 Å². The predicted octanol–water partition coefficient (Wildman–Crippen LogP) is 2.99. The summed E-state index contributed by atoms with van der Waals surface area (Å²) in [6.45, 7) is 1.32. The van der Waals surface area contributed by atoms with Gasteiger partial charge < -0.3 is 14.8 Å². The van der Waals surface area contributed by atoms with Gasteiger partial charge in [0.15, 0.2) is 0 Å². The number of nitrogens with zero attached hydrogens (tertiary/aromatic N) is 2. The van der Waals surface area contributed by atoms with Crippen molar-refractivity contribution in [3.8, 4) is 17.6 Å². The van der Waals surface area contributed by atoms with Gasteiger partial charge in [-0.2, -0.15) is 5.26 Å². The highest BCUT2D eigenvalue weighted by Crippen LogP contribution is 2.36. The molecule has 0 aliphatic carbocycles. The molecule has 2 aliphatic rings. The first-order valence-electron chi connectivity index (χ1n) is 9.61. The van der Waals surface area contributed by atoms with E-state index < -0.39 is 11.6 Å². The fraction of sp³-hybridized carbons (Fsp3) is 0.318. The number of nitriles is 1. The number of ether oxygens (including phenoxy) is 2. The lowest BCUT2D eigenvalue weighted by atomic mass is 9.95. The maximum atomic E-state index is 12.7. The van der Waals surface area contributed by atoms with E-state index in [9.17, 15) is 14.9 Å². The van der Waals surface area contributed by atoms with E-state index in [4.69, 9.17) is 9.47 Å². The van der Waals surface area contributed by atoms with Crippen LogP contribution in [0.4, 0.5) is 4.79 Å². The zero-order valence-corrected chi connectivity index (χ0v) is 15.9. The van der Waals surface area contributed by atoms with Crippen molar-refractivity contribution >= 4 is 12.0 Å². The Morgan fingerprint density at radius 1 is 1.17 bits per heavy atom. The molecule has 2 fully saturated rings. The van der Waals surface area contributed by atoms with Crippen LogP contribution in [0, 0.1) is 11.3 Å². The molecule has 29 heavy (non-hydrogen) atoms. The van der Waals surface area contributed by atoms with Crippen LogP contribution in [-0.4, -0.2) is 35.5 Å². The molecular weight excluding hydrogens is 370 g/mol. The summed E-state index contributed by atoms with van der Waals surface area (Å²) < 4.78 is 11.3. The predicted molar refractivity (Wildman–Crippen MR) is 104 cm³/mol. The quantitative estimate of drug-likeness (QED) is 0.865. The van der Waals surface area contributed by atoms with E-state index in [1.165, 1.54) is 0 Å². The molecule has 2 saturated heterocycles. The maximum absolute atomic E-state index is 12.7. The number of hydrogen-bond donors (Lipinski definition) is 1. The largest absolute Gasteiger partial charge is 0.489 e. The summed E-state index contributed by atoms with van der Waals surface area (Å²) in [6.07, 6.45) is 1.54. The van der Waals surface area contributed by atoms with Crippen molar-refractivity contribution in [1.82, 2.24) is 10.2 Å². The van der Waals surface area contributed by atoms with Crippen molar-refractivity contribution in [1.29, 1.82) is 5.26 Å². The molecule has 2 heterocycles. The van der Waals surface area contributed by atoms with Gasteiger partial charge in [-0.15, -0.1) is 0 Å². The Kier molecular flexibility index (Phi) is 5.09. The first-order valence-corrected chi connectivity index (χ1v) is 9.61. The van der Waals surface area contributed by atoms with Crippen molar-refractivity contribution in [2.45, 2.75) is 31.4 Å². The molecule has 148 valence electrons. The van der Waals surface area contributed by atoms with Gasteiger partial charge in [-0.3, -0.25) is 9.69 Å². The van der Waals surface area contributed by atoms with Gasteiger partial charge in [-0.25, -0.2) is 4.79 Å². The van der Waals surface area contributed by atoms with Crippen LogP contribution in [0.2, 0.25) is 0 Å². The molecule has 2 aliphatic heterocycles. The van der Waals surface area contributed by atoms with Crippen LogP contribution >= 0.6 is 0 Å². The molecule has 1 atom stereocenters. The van der Waals surface area contributed by atoms with Crippen LogP contribution in [-0.2, 0) is 11.4 Å². The van der Waals surface area contributed by atoms with Crippen molar-refractivity contribution in [3.63, 3.8) is 0 Å². The van der Waals surface area contributed by atoms with Crippen LogP contribution in [0.5, 0.6) is 11.5 Å². The summed E-state index contributed by atoms with van der Waals surface area (Å²) in [7, 11) is 0. The van der Waals surface area contributed by atoms with E-state index in [0.29, 0.717) is 43.0 Å². The van der Waals surface area contributed by atoms with E-state index in [1.54, 1.807) is 41.3 Å². The smallest absolute Gasteiger partial charge is 0.416 e. The zero-order chi connectivity index (χ0) is 20.3. The monoisotopic (exact) mass is 391 g/mol. The first-order chi connectivity index (χ1) is 14.1. The topological polar surface area (TPSA) is 91.7 Å². The number of rotatable bonds is 4. The summed E-state index contributed by atoms with van der Waals surface area (Å²) in [5, 5.41) is 12.0. The fourth-order valence-electron chi connectivity index (χ4n) is 4.00. The van der Waals surface area contributed by atoms with Gasteiger partial charge in [0.1, 0.15) is 23.6 Å². The molecule has 2 aromatic rings. The van der Waals surface area contributed by atoms with Crippen molar-refractivity contribution in [2.75, 3.05) is 13.1 Å². The Bertz CT molecular complexity index is 980. The summed E-state index contributed by atoms with van der Waals surface area (Å²) >= 11 is 0. The standard InChI is InChI=1S/C22H21N3O4/c23-14-16-5-1-2-6-17(16)15-28-18-7-3-8-19(13-18)29-21(27)25-12-4-9-22(25)10-11-24-20(22)26/h1-3,5-8,13H,4,9-12,15H2,(H,24,26). The Balaban J connectivity index is 1.43. The molecule has 1 N–H and O–H groups in total. The summed E-state index contributed by atoms with van der Waals surface area (Å²) in [4.78, 5) is 26.6. The summed E-state index contributed by atoms with van der Waals surface area (Å²) in [5.74, 6) is 0.777. The minimum atomic E-state index is -0.772. The molecule has 0 saturated carbocycles. The zero-order valence-electron chi connectivity index (χ0n) is 15.9. The number of benzene rings is 2. The average molecular weight is 391 g/mol. The highest BCUT2D eigenvalue weighted by molar-refractivity contribution is 5.92. The molecule has 2 aromatic carbocycles. The van der Waals surface area contributed by atoms with Crippen molar-refractivity contribution in [2.24, 2.45) is 0 Å². The van der Waals surface area contributed by atoms with Crippen LogP contribution in [0.3, 0.4) is 0 Å². The van der Waals surface area contributed by atoms with Crippen LogP contribution in [0.1, 0.15) is 30.4 Å². The minimum absolute atomic E-state index is 0.0970. The molecular formula is C22H21N3O4. The van der Waals surface area contributed by atoms with Crippen molar-refractivity contribution in [3.05, 3.63) is 59.7 Å². The highest BCUT2D eigenvalue weighted by Gasteiger charge is 2.52. The number of likely N-dealkylation sites (tertiary alicyclic amines) is 1. The van der Waals surface area contributed by atoms with E-state index in [0.717, 1.165) is 12.0 Å². The van der Waals surface area contributed by atoms with Gasteiger partial charge in [-0.05, 0) is 37.5 Å². The number of carbonyl (C=O) groups is 2.